The predicted octanol–water partition coefficient (Wildman–Crippen LogP) is 3.03. The van der Waals surface area contributed by atoms with Gasteiger partial charge in [-0.05, 0) is 43.4 Å². The molecule has 0 saturated carbocycles. The summed E-state index contributed by atoms with van der Waals surface area (Å²) in [6.45, 7) is 1.22. The quantitative estimate of drug-likeness (QED) is 0.899. The Morgan fingerprint density at radius 1 is 1.11 bits per heavy atom. The molecule has 3 nitrogen and oxygen atoms in total. The topological polar surface area (TPSA) is 34.1 Å². The van der Waals surface area contributed by atoms with Crippen molar-refractivity contribution in [3.05, 3.63) is 58.9 Å². The van der Waals surface area contributed by atoms with Gasteiger partial charge >= 0.3 is 0 Å². The molecule has 2 aromatic rings. The summed E-state index contributed by atoms with van der Waals surface area (Å²) in [5.74, 6) is 0.792. The zero-order valence-corrected chi connectivity index (χ0v) is 10.9. The lowest BCUT2D eigenvalue weighted by atomic mass is 10.3. The number of rotatable bonds is 5. The highest BCUT2D eigenvalue weighted by Gasteiger charge is 1.99. The average Bonchev–Trinajstić information content (AvgIpc) is 2.39. The standard InChI is InChI=1S/C14H15ClN2O/c1-16-9-12-3-2-4-13(17-12)10-18-14-7-5-11(15)6-8-14/h2-8,16H,9-10H2,1H3. The number of nitrogens with zero attached hydrogens (tertiary/aromatic N) is 1. The summed E-state index contributed by atoms with van der Waals surface area (Å²) < 4.78 is 5.64. The molecule has 0 fully saturated rings. The second-order valence-corrected chi connectivity index (χ2v) is 4.33. The molecular formula is C14H15ClN2O. The Balaban J connectivity index is 1.97. The Hall–Kier alpha value is -1.58. The molecule has 0 bridgehead atoms. The van der Waals surface area contributed by atoms with E-state index in [4.69, 9.17) is 16.3 Å². The summed E-state index contributed by atoms with van der Waals surface area (Å²) >= 11 is 5.81. The van der Waals surface area contributed by atoms with E-state index in [0.717, 1.165) is 23.7 Å². The Morgan fingerprint density at radius 2 is 1.83 bits per heavy atom. The van der Waals surface area contributed by atoms with Crippen molar-refractivity contribution in [3.63, 3.8) is 0 Å². The van der Waals surface area contributed by atoms with Gasteiger partial charge in [-0.3, -0.25) is 4.98 Å². The van der Waals surface area contributed by atoms with E-state index in [1.165, 1.54) is 0 Å². The second kappa shape index (κ2) is 6.38. The second-order valence-electron chi connectivity index (χ2n) is 3.89. The predicted molar refractivity (Wildman–Crippen MR) is 72.8 cm³/mol. The van der Waals surface area contributed by atoms with Crippen molar-refractivity contribution in [2.45, 2.75) is 13.2 Å². The minimum absolute atomic E-state index is 0.458. The van der Waals surface area contributed by atoms with Crippen molar-refractivity contribution in [1.29, 1.82) is 0 Å². The fourth-order valence-corrected chi connectivity index (χ4v) is 1.70. The maximum absolute atomic E-state index is 5.81. The van der Waals surface area contributed by atoms with Crippen LogP contribution in [0.4, 0.5) is 0 Å². The third-order valence-electron chi connectivity index (χ3n) is 2.42. The van der Waals surface area contributed by atoms with Crippen LogP contribution in [0.3, 0.4) is 0 Å². The van der Waals surface area contributed by atoms with Crippen molar-refractivity contribution in [1.82, 2.24) is 10.3 Å². The molecule has 0 aliphatic rings. The molecular weight excluding hydrogens is 248 g/mol. The molecule has 0 saturated heterocycles. The van der Waals surface area contributed by atoms with Crippen LogP contribution in [0.5, 0.6) is 5.75 Å². The van der Waals surface area contributed by atoms with E-state index >= 15 is 0 Å². The number of ether oxygens (including phenoxy) is 1. The van der Waals surface area contributed by atoms with Gasteiger partial charge in [0.05, 0.1) is 11.4 Å². The molecule has 2 rings (SSSR count). The van der Waals surface area contributed by atoms with Crippen LogP contribution in [0.1, 0.15) is 11.4 Å². The molecule has 0 atom stereocenters. The number of halogens is 1. The first-order valence-electron chi connectivity index (χ1n) is 5.76. The van der Waals surface area contributed by atoms with Gasteiger partial charge in [0.2, 0.25) is 0 Å². The maximum Gasteiger partial charge on any atom is 0.130 e. The van der Waals surface area contributed by atoms with E-state index in [1.807, 2.05) is 49.5 Å². The first kappa shape index (κ1) is 12.9. The first-order valence-corrected chi connectivity index (χ1v) is 6.13. The Labute approximate surface area is 112 Å². The van der Waals surface area contributed by atoms with Gasteiger partial charge < -0.3 is 10.1 Å². The molecule has 0 radical (unpaired) electrons. The van der Waals surface area contributed by atoms with Gasteiger partial charge in [-0.2, -0.15) is 0 Å². The minimum Gasteiger partial charge on any atom is -0.487 e. The van der Waals surface area contributed by atoms with E-state index in [-0.39, 0.29) is 0 Å². The average molecular weight is 263 g/mol. The van der Waals surface area contributed by atoms with Gasteiger partial charge in [0, 0.05) is 11.6 Å². The number of benzene rings is 1. The summed E-state index contributed by atoms with van der Waals surface area (Å²) in [5.41, 5.74) is 1.92. The number of nitrogens with one attached hydrogen (secondary N) is 1. The third-order valence-corrected chi connectivity index (χ3v) is 2.67. The Bertz CT molecular complexity index is 499. The molecule has 0 amide bonds. The van der Waals surface area contributed by atoms with Crippen LogP contribution in [-0.2, 0) is 13.2 Å². The van der Waals surface area contributed by atoms with Crippen LogP contribution in [0.25, 0.3) is 0 Å². The number of pyridine rings is 1. The zero-order valence-electron chi connectivity index (χ0n) is 10.2. The summed E-state index contributed by atoms with van der Waals surface area (Å²) in [6, 6.07) is 13.2. The van der Waals surface area contributed by atoms with E-state index in [9.17, 15) is 0 Å². The van der Waals surface area contributed by atoms with Gasteiger partial charge in [0.1, 0.15) is 12.4 Å². The molecule has 1 aromatic carbocycles. The normalized spacial score (nSPS) is 10.3. The summed E-state index contributed by atoms with van der Waals surface area (Å²) in [4.78, 5) is 4.48. The highest BCUT2D eigenvalue weighted by molar-refractivity contribution is 6.30. The fraction of sp³-hybridized carbons (Fsp3) is 0.214. The van der Waals surface area contributed by atoms with Crippen LogP contribution in [0.15, 0.2) is 42.5 Å². The highest BCUT2D eigenvalue weighted by Crippen LogP contribution is 2.16. The smallest absolute Gasteiger partial charge is 0.130 e. The molecule has 4 heteroatoms. The third kappa shape index (κ3) is 3.72. The zero-order chi connectivity index (χ0) is 12.8. The molecule has 94 valence electrons. The fourth-order valence-electron chi connectivity index (χ4n) is 1.58. The van der Waals surface area contributed by atoms with Gasteiger partial charge in [0.25, 0.3) is 0 Å². The van der Waals surface area contributed by atoms with E-state index in [2.05, 4.69) is 10.3 Å². The Morgan fingerprint density at radius 3 is 2.56 bits per heavy atom. The molecule has 0 spiro atoms. The molecule has 1 N–H and O–H groups in total. The highest BCUT2D eigenvalue weighted by atomic mass is 35.5. The number of aromatic nitrogens is 1. The van der Waals surface area contributed by atoms with Crippen molar-refractivity contribution in [2.24, 2.45) is 0 Å². The van der Waals surface area contributed by atoms with Crippen molar-refractivity contribution in [2.75, 3.05) is 7.05 Å². The summed E-state index contributed by atoms with van der Waals surface area (Å²) in [5, 5.41) is 3.78. The lowest BCUT2D eigenvalue weighted by Crippen LogP contribution is -2.08. The van der Waals surface area contributed by atoms with Crippen LogP contribution >= 0.6 is 11.6 Å². The van der Waals surface area contributed by atoms with Crippen molar-refractivity contribution < 1.29 is 4.74 Å². The molecule has 0 aliphatic heterocycles. The maximum atomic E-state index is 5.81. The molecule has 1 aromatic heterocycles. The van der Waals surface area contributed by atoms with Crippen molar-refractivity contribution in [3.8, 4) is 5.75 Å². The molecule has 1 heterocycles. The van der Waals surface area contributed by atoms with E-state index in [0.29, 0.717) is 11.6 Å². The van der Waals surface area contributed by atoms with Crippen LogP contribution in [0.2, 0.25) is 5.02 Å². The lowest BCUT2D eigenvalue weighted by Gasteiger charge is -2.07. The molecule has 0 aliphatic carbocycles. The molecule has 0 unspecified atom stereocenters. The van der Waals surface area contributed by atoms with Crippen LogP contribution < -0.4 is 10.1 Å². The van der Waals surface area contributed by atoms with Gasteiger partial charge in [-0.1, -0.05) is 17.7 Å². The van der Waals surface area contributed by atoms with Gasteiger partial charge in [0.15, 0.2) is 0 Å². The first-order chi connectivity index (χ1) is 8.78. The van der Waals surface area contributed by atoms with Crippen LogP contribution in [-0.4, -0.2) is 12.0 Å². The van der Waals surface area contributed by atoms with Crippen LogP contribution in [0, 0.1) is 0 Å². The van der Waals surface area contributed by atoms with Gasteiger partial charge in [-0.15, -0.1) is 0 Å². The monoisotopic (exact) mass is 262 g/mol. The number of hydrogen-bond acceptors (Lipinski definition) is 3. The number of hydrogen-bond donors (Lipinski definition) is 1. The summed E-state index contributed by atoms with van der Waals surface area (Å²) in [6.07, 6.45) is 0. The van der Waals surface area contributed by atoms with E-state index in [1.54, 1.807) is 0 Å². The van der Waals surface area contributed by atoms with Gasteiger partial charge in [-0.25, -0.2) is 0 Å². The largest absolute Gasteiger partial charge is 0.487 e. The SMILES string of the molecule is CNCc1cccc(COc2ccc(Cl)cc2)n1. The van der Waals surface area contributed by atoms with E-state index < -0.39 is 0 Å². The van der Waals surface area contributed by atoms with Crippen molar-refractivity contribution >= 4 is 11.6 Å². The molecule has 18 heavy (non-hydrogen) atoms. The Kier molecular flexibility index (Phi) is 4.56. The lowest BCUT2D eigenvalue weighted by molar-refractivity contribution is 0.301. The summed E-state index contributed by atoms with van der Waals surface area (Å²) in [7, 11) is 1.90. The minimum atomic E-state index is 0.458.